The molecule has 0 saturated carbocycles. The summed E-state index contributed by atoms with van der Waals surface area (Å²) in [7, 11) is 0. The van der Waals surface area contributed by atoms with Crippen LogP contribution in [0.1, 0.15) is 39.2 Å². The van der Waals surface area contributed by atoms with Crippen LogP contribution < -0.4 is 4.74 Å². The number of ether oxygens (including phenoxy) is 1. The molecule has 0 aromatic heterocycles. The molecule has 0 aliphatic heterocycles. The van der Waals surface area contributed by atoms with Crippen LogP contribution >= 0.6 is 11.6 Å². The molecular formula is C16H24ClO3Zn-. The van der Waals surface area contributed by atoms with E-state index in [1.54, 1.807) is 20.8 Å². The fourth-order valence-corrected chi connectivity index (χ4v) is 1.12. The number of carboxylic acids is 1. The third-order valence-corrected chi connectivity index (χ3v) is 2.86. The fourth-order valence-electron chi connectivity index (χ4n) is 0.999. The maximum absolute atomic E-state index is 10.0. The van der Waals surface area contributed by atoms with Gasteiger partial charge in [0.2, 0.25) is 0 Å². The Bertz CT molecular complexity index is 428. The summed E-state index contributed by atoms with van der Waals surface area (Å²) < 4.78 is 5.48. The Labute approximate surface area is 145 Å². The predicted molar refractivity (Wildman–Crippen MR) is 83.4 cm³/mol. The van der Waals surface area contributed by atoms with E-state index in [1.165, 1.54) is 0 Å². The van der Waals surface area contributed by atoms with E-state index in [-0.39, 0.29) is 19.5 Å². The molecule has 0 fully saturated rings. The maximum atomic E-state index is 10.0. The number of rotatable bonds is 4. The normalized spacial score (nSPS) is 10.0. The van der Waals surface area contributed by atoms with Crippen LogP contribution in [-0.4, -0.2) is 17.7 Å². The van der Waals surface area contributed by atoms with Crippen LogP contribution in [0.4, 0.5) is 0 Å². The first-order chi connectivity index (χ1) is 9.18. The van der Waals surface area contributed by atoms with E-state index in [1.807, 2.05) is 25.1 Å². The van der Waals surface area contributed by atoms with Crippen molar-refractivity contribution in [3.8, 4) is 5.75 Å². The number of benzene rings is 1. The predicted octanol–water partition coefficient (Wildman–Crippen LogP) is 4.76. The van der Waals surface area contributed by atoms with Crippen molar-refractivity contribution >= 4 is 17.6 Å². The molecule has 0 bridgehead atoms. The van der Waals surface area contributed by atoms with Crippen molar-refractivity contribution in [1.29, 1.82) is 0 Å². The molecule has 1 aromatic rings. The molecule has 1 rings (SSSR count). The molecule has 0 aliphatic rings. The van der Waals surface area contributed by atoms with Gasteiger partial charge < -0.3 is 16.8 Å². The summed E-state index contributed by atoms with van der Waals surface area (Å²) >= 11 is 5.88. The molecule has 0 spiro atoms. The molecule has 0 aliphatic carbocycles. The molecule has 0 radical (unpaired) electrons. The summed E-state index contributed by atoms with van der Waals surface area (Å²) in [5.41, 5.74) is 0.466. The van der Waals surface area contributed by atoms with Gasteiger partial charge in [-0.15, -0.1) is 0 Å². The molecule has 0 amide bonds. The van der Waals surface area contributed by atoms with Crippen molar-refractivity contribution in [2.75, 3.05) is 6.61 Å². The van der Waals surface area contributed by atoms with E-state index in [4.69, 9.17) is 21.4 Å². The zero-order chi connectivity index (χ0) is 15.8. The van der Waals surface area contributed by atoms with Crippen molar-refractivity contribution < 1.29 is 34.1 Å². The average Bonchev–Trinajstić information content (AvgIpc) is 2.33. The summed E-state index contributed by atoms with van der Waals surface area (Å²) in [5.74, 6) is 0.128. The first-order valence-electron chi connectivity index (χ1n) is 6.60. The van der Waals surface area contributed by atoms with Crippen molar-refractivity contribution in [3.63, 3.8) is 0 Å². The number of unbranched alkanes of at least 4 members (excludes halogenated alkanes) is 1. The summed E-state index contributed by atoms with van der Waals surface area (Å²) in [6.45, 7) is 11.4. The Morgan fingerprint density at radius 3 is 2.29 bits per heavy atom. The molecule has 5 heteroatoms. The zero-order valence-electron chi connectivity index (χ0n) is 13.4. The van der Waals surface area contributed by atoms with Gasteiger partial charge in [-0.3, -0.25) is 4.79 Å². The Morgan fingerprint density at radius 2 is 1.90 bits per heavy atom. The van der Waals surface area contributed by atoms with Crippen LogP contribution in [0.3, 0.4) is 0 Å². The maximum Gasteiger partial charge on any atom is 0.308 e. The van der Waals surface area contributed by atoms with Crippen LogP contribution in [0.5, 0.6) is 5.75 Å². The van der Waals surface area contributed by atoms with Crippen LogP contribution in [-0.2, 0) is 24.3 Å². The molecule has 116 valence electrons. The third kappa shape index (κ3) is 10.7. The quantitative estimate of drug-likeness (QED) is 0.476. The Balaban J connectivity index is 0. The number of aliphatic carboxylic acids is 1. The van der Waals surface area contributed by atoms with Crippen LogP contribution in [0.25, 0.3) is 0 Å². The molecular weight excluding hydrogens is 341 g/mol. The Kier molecular flexibility index (Phi) is 11.9. The van der Waals surface area contributed by atoms with Gasteiger partial charge >= 0.3 is 5.97 Å². The van der Waals surface area contributed by atoms with Gasteiger partial charge in [-0.2, -0.15) is 6.42 Å². The van der Waals surface area contributed by atoms with Crippen molar-refractivity contribution in [1.82, 2.24) is 0 Å². The van der Waals surface area contributed by atoms with Gasteiger partial charge in [0.25, 0.3) is 0 Å². The monoisotopic (exact) mass is 363 g/mol. The van der Waals surface area contributed by atoms with Gasteiger partial charge in [0, 0.05) is 24.5 Å². The number of carbonyl (C=O) groups is 1. The molecule has 0 atom stereocenters. The van der Waals surface area contributed by atoms with Gasteiger partial charge in [-0.25, -0.2) is 0 Å². The first-order valence-corrected chi connectivity index (χ1v) is 6.98. The van der Waals surface area contributed by atoms with Gasteiger partial charge in [0.15, 0.2) is 0 Å². The number of hydrogen-bond acceptors (Lipinski definition) is 2. The fraction of sp³-hybridized carbons (Fsp3) is 0.500. The van der Waals surface area contributed by atoms with E-state index in [9.17, 15) is 4.79 Å². The van der Waals surface area contributed by atoms with Gasteiger partial charge in [-0.1, -0.05) is 11.6 Å². The number of halogens is 1. The van der Waals surface area contributed by atoms with Gasteiger partial charge in [0.1, 0.15) is 5.75 Å². The molecule has 3 nitrogen and oxygen atoms in total. The second kappa shape index (κ2) is 11.0. The number of hydrogen-bond donors (Lipinski definition) is 1. The summed E-state index contributed by atoms with van der Waals surface area (Å²) in [4.78, 5) is 10.0. The molecule has 1 aromatic carbocycles. The van der Waals surface area contributed by atoms with E-state index < -0.39 is 11.4 Å². The van der Waals surface area contributed by atoms with Gasteiger partial charge in [-0.05, 0) is 57.9 Å². The average molecular weight is 365 g/mol. The largest absolute Gasteiger partial charge is 0.494 e. The summed E-state index contributed by atoms with van der Waals surface area (Å²) in [6, 6.07) is 5.69. The minimum Gasteiger partial charge on any atom is -0.494 e. The van der Waals surface area contributed by atoms with Crippen molar-refractivity contribution in [2.45, 2.75) is 40.5 Å². The van der Waals surface area contributed by atoms with E-state index >= 15 is 0 Å². The zero-order valence-corrected chi connectivity index (χ0v) is 17.1. The summed E-state index contributed by atoms with van der Waals surface area (Å²) in [6.07, 6.45) is 1.90. The molecule has 21 heavy (non-hydrogen) atoms. The van der Waals surface area contributed by atoms with Crippen LogP contribution in [0, 0.1) is 19.3 Å². The molecule has 0 unspecified atom stereocenters. The van der Waals surface area contributed by atoms with Gasteiger partial charge in [0.05, 0.1) is 12.0 Å². The molecule has 1 N–H and O–H groups in total. The standard InChI is InChI=1S/C11H14ClO.C5H10O2.Zn/c1-3-4-7-13-10-5-6-11(12)9(2)8-10;1-5(2,3)4(6)7;/h5-6,8H,1,3-4,7H2,2H3;1-3H3,(H,6,7);/q-1;;. The van der Waals surface area contributed by atoms with E-state index in [0.29, 0.717) is 0 Å². The third-order valence-electron chi connectivity index (χ3n) is 2.43. The SMILES string of the molecule is CC(C)(C)C(=O)O.[CH2-]CCCOc1ccc(Cl)c(C)c1.[Zn]. The topological polar surface area (TPSA) is 46.5 Å². The molecule has 0 saturated heterocycles. The van der Waals surface area contributed by atoms with E-state index in [2.05, 4.69) is 6.92 Å². The second-order valence-corrected chi connectivity index (χ2v) is 5.93. The van der Waals surface area contributed by atoms with E-state index in [0.717, 1.165) is 35.8 Å². The van der Waals surface area contributed by atoms with Crippen LogP contribution in [0.15, 0.2) is 18.2 Å². The van der Waals surface area contributed by atoms with Crippen molar-refractivity contribution in [2.24, 2.45) is 5.41 Å². The summed E-state index contributed by atoms with van der Waals surface area (Å²) in [5, 5.41) is 9.03. The molecule has 0 heterocycles. The van der Waals surface area contributed by atoms with Crippen LogP contribution in [0.2, 0.25) is 5.02 Å². The minimum absolute atomic E-state index is 0. The Morgan fingerprint density at radius 1 is 1.38 bits per heavy atom. The Hall–Kier alpha value is -0.597. The smallest absolute Gasteiger partial charge is 0.308 e. The number of aryl methyl sites for hydroxylation is 1. The minimum atomic E-state index is -0.757. The number of carboxylic acid groups (broad SMARTS) is 1. The van der Waals surface area contributed by atoms with Crippen molar-refractivity contribution in [3.05, 3.63) is 35.7 Å². The second-order valence-electron chi connectivity index (χ2n) is 5.52. The first kappa shape index (κ1) is 22.7.